The average molecular weight is 426 g/mol. The molecule has 2 N–H and O–H groups in total. The molecule has 0 spiro atoms. The number of ether oxygens (including phenoxy) is 1. The summed E-state index contributed by atoms with van der Waals surface area (Å²) in [7, 11) is 1.77. The van der Waals surface area contributed by atoms with Gasteiger partial charge in [0.1, 0.15) is 11.3 Å². The van der Waals surface area contributed by atoms with Gasteiger partial charge in [-0.2, -0.15) is 5.10 Å². The Balaban J connectivity index is 2.34. The van der Waals surface area contributed by atoms with Crippen LogP contribution in [0, 0.1) is 5.92 Å². The van der Waals surface area contributed by atoms with Gasteiger partial charge < -0.3 is 15.4 Å². The molecule has 2 atom stereocenters. The van der Waals surface area contributed by atoms with E-state index in [2.05, 4.69) is 28.9 Å². The fourth-order valence-electron chi connectivity index (χ4n) is 2.83. The maximum atomic E-state index is 12.3. The normalized spacial score (nSPS) is 13.1. The highest BCUT2D eigenvalue weighted by Crippen LogP contribution is 2.28. The van der Waals surface area contributed by atoms with Gasteiger partial charge in [0.2, 0.25) is 5.91 Å². The first-order chi connectivity index (χ1) is 14.6. The molecule has 0 aliphatic heterocycles. The van der Waals surface area contributed by atoms with E-state index in [1.54, 1.807) is 57.8 Å². The van der Waals surface area contributed by atoms with E-state index >= 15 is 0 Å². The second-order valence-electron chi connectivity index (χ2n) is 8.21. The smallest absolute Gasteiger partial charge is 0.408 e. The molecule has 0 bridgehead atoms. The van der Waals surface area contributed by atoms with Crippen molar-refractivity contribution < 1.29 is 14.3 Å². The molecule has 0 aromatic carbocycles. The van der Waals surface area contributed by atoms with Crippen LogP contribution in [0.4, 0.5) is 10.5 Å². The lowest BCUT2D eigenvalue weighted by Crippen LogP contribution is -2.35. The minimum atomic E-state index is -0.609. The van der Waals surface area contributed by atoms with Crippen LogP contribution in [0.25, 0.3) is 11.4 Å². The maximum Gasteiger partial charge on any atom is 0.408 e. The van der Waals surface area contributed by atoms with Crippen LogP contribution >= 0.6 is 0 Å². The number of nitrogens with zero attached hydrogens (tertiary/aromatic N) is 3. The van der Waals surface area contributed by atoms with Gasteiger partial charge in [-0.1, -0.05) is 25.1 Å². The summed E-state index contributed by atoms with van der Waals surface area (Å²) in [6, 6.07) is 5.07. The Morgan fingerprint density at radius 1 is 1.29 bits per heavy atom. The highest BCUT2D eigenvalue weighted by Gasteiger charge is 2.22. The molecule has 31 heavy (non-hydrogen) atoms. The Morgan fingerprint density at radius 3 is 2.61 bits per heavy atom. The maximum absolute atomic E-state index is 12.3. The van der Waals surface area contributed by atoms with Crippen molar-refractivity contribution >= 4 is 17.7 Å². The zero-order valence-electron chi connectivity index (χ0n) is 18.8. The number of hydrogen-bond donors (Lipinski definition) is 2. The predicted octanol–water partition coefficient (Wildman–Crippen LogP) is 4.38. The standard InChI is InChI=1S/C23H31N5O3/c1-8-11-16(27-22(30)31-23(4,5)6)17-12-10-13-18(25-17)20-19(14-24-28(20)7)26-21(29)15(3)9-2/h8-10,12-16H,1-2,11H2,3-7H3,(H,26,29)(H,27,30)/t15-,16+/m1/s1. The van der Waals surface area contributed by atoms with E-state index < -0.39 is 17.7 Å². The molecule has 8 heteroatoms. The molecular formula is C23H31N5O3. The number of nitrogens with one attached hydrogen (secondary N) is 2. The third kappa shape index (κ3) is 6.53. The van der Waals surface area contributed by atoms with Gasteiger partial charge in [0.05, 0.1) is 35.2 Å². The molecule has 2 aromatic rings. The Labute approximate surface area is 183 Å². The molecule has 0 fully saturated rings. The first-order valence-corrected chi connectivity index (χ1v) is 10.1. The lowest BCUT2D eigenvalue weighted by atomic mass is 10.1. The number of alkyl carbamates (subject to hydrolysis) is 1. The third-order valence-electron chi connectivity index (χ3n) is 4.43. The molecule has 0 unspecified atom stereocenters. The van der Waals surface area contributed by atoms with Crippen molar-refractivity contribution in [2.24, 2.45) is 13.0 Å². The van der Waals surface area contributed by atoms with Gasteiger partial charge in [-0.3, -0.25) is 9.48 Å². The molecule has 2 aromatic heterocycles. The number of carbonyl (C=O) groups excluding carboxylic acids is 2. The van der Waals surface area contributed by atoms with E-state index in [0.717, 1.165) is 0 Å². The Morgan fingerprint density at radius 2 is 2.00 bits per heavy atom. The minimum Gasteiger partial charge on any atom is -0.444 e. The lowest BCUT2D eigenvalue weighted by molar-refractivity contribution is -0.118. The number of carbonyl (C=O) groups is 2. The van der Waals surface area contributed by atoms with Crippen molar-refractivity contribution in [3.63, 3.8) is 0 Å². The second-order valence-corrected chi connectivity index (χ2v) is 8.21. The Kier molecular flexibility index (Phi) is 7.74. The molecule has 166 valence electrons. The van der Waals surface area contributed by atoms with Gasteiger partial charge in [-0.05, 0) is 39.3 Å². The van der Waals surface area contributed by atoms with E-state index in [4.69, 9.17) is 9.72 Å². The number of hydrogen-bond acceptors (Lipinski definition) is 5. The summed E-state index contributed by atoms with van der Waals surface area (Å²) in [4.78, 5) is 29.3. The molecule has 0 radical (unpaired) electrons. The molecule has 8 nitrogen and oxygen atoms in total. The van der Waals surface area contributed by atoms with Crippen LogP contribution in [-0.4, -0.2) is 32.4 Å². The Bertz CT molecular complexity index is 958. The van der Waals surface area contributed by atoms with Crippen LogP contribution in [0.5, 0.6) is 0 Å². The van der Waals surface area contributed by atoms with Gasteiger partial charge in [-0.25, -0.2) is 9.78 Å². The summed E-state index contributed by atoms with van der Waals surface area (Å²) in [6.07, 6.45) is 4.81. The van der Waals surface area contributed by atoms with Crippen molar-refractivity contribution in [3.8, 4) is 11.4 Å². The zero-order chi connectivity index (χ0) is 23.2. The summed E-state index contributed by atoms with van der Waals surface area (Å²) in [5, 5.41) is 9.98. The topological polar surface area (TPSA) is 98.1 Å². The quantitative estimate of drug-likeness (QED) is 0.612. The highest BCUT2D eigenvalue weighted by molar-refractivity contribution is 5.96. The second kappa shape index (κ2) is 10.1. The summed E-state index contributed by atoms with van der Waals surface area (Å²) >= 11 is 0. The van der Waals surface area contributed by atoms with Crippen molar-refractivity contribution in [1.82, 2.24) is 20.1 Å². The SMILES string of the molecule is C=CC[C@H](NC(=O)OC(C)(C)C)c1cccc(-c2c(NC(=O)[C@H](C)C=C)cnn2C)n1. The number of aromatic nitrogens is 3. The fourth-order valence-corrected chi connectivity index (χ4v) is 2.83. The minimum absolute atomic E-state index is 0.184. The van der Waals surface area contributed by atoms with Crippen LogP contribution in [0.15, 0.2) is 49.7 Å². The highest BCUT2D eigenvalue weighted by atomic mass is 16.6. The third-order valence-corrected chi connectivity index (χ3v) is 4.43. The van der Waals surface area contributed by atoms with Gasteiger partial charge in [-0.15, -0.1) is 13.2 Å². The molecular weight excluding hydrogens is 394 g/mol. The van der Waals surface area contributed by atoms with Crippen LogP contribution < -0.4 is 10.6 Å². The van der Waals surface area contributed by atoms with Crippen LogP contribution in [0.2, 0.25) is 0 Å². The molecule has 0 aliphatic rings. The van der Waals surface area contributed by atoms with E-state index in [1.165, 1.54) is 0 Å². The molecule has 2 heterocycles. The first kappa shape index (κ1) is 23.9. The van der Waals surface area contributed by atoms with Crippen LogP contribution in [-0.2, 0) is 16.6 Å². The molecule has 0 saturated carbocycles. The number of anilines is 1. The van der Waals surface area contributed by atoms with Gasteiger partial charge >= 0.3 is 6.09 Å². The molecule has 2 amide bonds. The molecule has 0 aliphatic carbocycles. The van der Waals surface area contributed by atoms with E-state index in [1.807, 2.05) is 18.2 Å². The first-order valence-electron chi connectivity index (χ1n) is 10.1. The van der Waals surface area contributed by atoms with Crippen LogP contribution in [0.1, 0.15) is 45.9 Å². The van der Waals surface area contributed by atoms with Gasteiger partial charge in [0, 0.05) is 7.05 Å². The fraction of sp³-hybridized carbons (Fsp3) is 0.391. The number of pyridine rings is 1. The summed E-state index contributed by atoms with van der Waals surface area (Å²) < 4.78 is 7.01. The molecule has 0 saturated heterocycles. The number of aryl methyl sites for hydroxylation is 1. The van der Waals surface area contributed by atoms with Crippen LogP contribution in [0.3, 0.4) is 0 Å². The monoisotopic (exact) mass is 425 g/mol. The molecule has 2 rings (SSSR count). The van der Waals surface area contributed by atoms with Gasteiger partial charge in [0.25, 0.3) is 0 Å². The van der Waals surface area contributed by atoms with Crippen molar-refractivity contribution in [2.75, 3.05) is 5.32 Å². The van der Waals surface area contributed by atoms with Crippen molar-refractivity contribution in [3.05, 3.63) is 55.4 Å². The van der Waals surface area contributed by atoms with Crippen molar-refractivity contribution in [2.45, 2.75) is 45.8 Å². The van der Waals surface area contributed by atoms with E-state index in [9.17, 15) is 9.59 Å². The Hall–Kier alpha value is -3.42. The average Bonchev–Trinajstić information content (AvgIpc) is 3.05. The van der Waals surface area contributed by atoms with E-state index in [-0.39, 0.29) is 11.8 Å². The number of amides is 2. The summed E-state index contributed by atoms with van der Waals surface area (Å²) in [5.41, 5.74) is 1.84. The predicted molar refractivity (Wildman–Crippen MR) is 121 cm³/mol. The zero-order valence-corrected chi connectivity index (χ0v) is 18.8. The largest absolute Gasteiger partial charge is 0.444 e. The van der Waals surface area contributed by atoms with E-state index in [0.29, 0.717) is 29.2 Å². The van der Waals surface area contributed by atoms with Crippen molar-refractivity contribution in [1.29, 1.82) is 0 Å². The summed E-state index contributed by atoms with van der Waals surface area (Å²) in [5.74, 6) is -0.529. The summed E-state index contributed by atoms with van der Waals surface area (Å²) in [6.45, 7) is 14.6. The lowest BCUT2D eigenvalue weighted by Gasteiger charge is -2.23. The van der Waals surface area contributed by atoms with Gasteiger partial charge in [0.15, 0.2) is 0 Å². The number of rotatable bonds is 8.